The van der Waals surface area contributed by atoms with Gasteiger partial charge in [0.2, 0.25) is 0 Å². The van der Waals surface area contributed by atoms with Crippen molar-refractivity contribution in [3.05, 3.63) is 53.2 Å². The van der Waals surface area contributed by atoms with Crippen LogP contribution in [-0.4, -0.2) is 22.8 Å². The van der Waals surface area contributed by atoms with Crippen molar-refractivity contribution in [1.29, 1.82) is 0 Å². The Morgan fingerprint density at radius 2 is 1.30 bits per heavy atom. The van der Waals surface area contributed by atoms with Crippen LogP contribution in [-0.2, 0) is 8.85 Å². The molecule has 0 N–H and O–H groups in total. The third-order valence-electron chi connectivity index (χ3n) is 3.10. The molecule has 0 unspecified atom stereocenters. The van der Waals surface area contributed by atoms with E-state index in [0.29, 0.717) is 0 Å². The largest absolute Gasteiger partial charge is 0.406 e. The van der Waals surface area contributed by atoms with E-state index in [1.54, 1.807) is 14.2 Å². The predicted molar refractivity (Wildman–Crippen MR) is 110 cm³/mol. The average molecular weight is 622 g/mol. The van der Waals surface area contributed by atoms with Crippen molar-refractivity contribution in [2.45, 2.75) is 0 Å². The molecule has 0 saturated carbocycles. The molecule has 0 aromatic heterocycles. The highest BCUT2D eigenvalue weighted by atomic mass is 127. The summed E-state index contributed by atoms with van der Waals surface area (Å²) in [5.74, 6) is 0. The number of rotatable bonds is 4. The van der Waals surface area contributed by atoms with Gasteiger partial charge in [0, 0.05) is 24.9 Å². The van der Waals surface area contributed by atoms with Crippen molar-refractivity contribution >= 4 is 86.7 Å². The van der Waals surface area contributed by atoms with E-state index in [-0.39, 0.29) is 0 Å². The molecule has 2 aromatic carbocycles. The highest BCUT2D eigenvalue weighted by molar-refractivity contribution is 14.1. The fourth-order valence-corrected chi connectivity index (χ4v) is 6.28. The van der Waals surface area contributed by atoms with Gasteiger partial charge in [0.05, 0.1) is 0 Å². The fourth-order valence-electron chi connectivity index (χ4n) is 2.09. The number of halogens is 3. The molecule has 0 amide bonds. The molecule has 0 fully saturated rings. The molecule has 0 bridgehead atoms. The van der Waals surface area contributed by atoms with Crippen molar-refractivity contribution in [3.8, 4) is 0 Å². The summed E-state index contributed by atoms with van der Waals surface area (Å²) < 4.78 is 15.5. The van der Waals surface area contributed by atoms with Gasteiger partial charge in [-0.15, -0.1) is 0 Å². The zero-order chi connectivity index (χ0) is 14.8. The molecule has 2 rings (SSSR count). The van der Waals surface area contributed by atoms with E-state index in [1.165, 1.54) is 10.7 Å². The molecular weight excluding hydrogens is 609 g/mol. The molecule has 0 atom stereocenters. The maximum Gasteiger partial charge on any atom is 0.406 e. The second-order valence-electron chi connectivity index (χ2n) is 4.16. The van der Waals surface area contributed by atoms with Gasteiger partial charge < -0.3 is 8.85 Å². The predicted octanol–water partition coefficient (Wildman–Crippen LogP) is 3.35. The van der Waals surface area contributed by atoms with Crippen LogP contribution < -0.4 is 10.4 Å². The first kappa shape index (κ1) is 17.1. The SMILES string of the molecule is CO[Si](OC)(c1ccc(I)cc1)c1ccc(I)c(I)c1. The Kier molecular flexibility index (Phi) is 6.30. The molecule has 2 aromatic rings. The Bertz CT molecular complexity index is 598. The van der Waals surface area contributed by atoms with E-state index in [1.807, 2.05) is 0 Å². The minimum Gasteiger partial charge on any atom is -0.391 e. The normalized spacial score (nSPS) is 11.7. The van der Waals surface area contributed by atoms with Gasteiger partial charge in [0.25, 0.3) is 0 Å². The van der Waals surface area contributed by atoms with Crippen LogP contribution in [0.25, 0.3) is 0 Å². The van der Waals surface area contributed by atoms with E-state index in [9.17, 15) is 0 Å². The van der Waals surface area contributed by atoms with Gasteiger partial charge in [-0.05, 0) is 102 Å². The zero-order valence-corrected chi connectivity index (χ0v) is 18.5. The van der Waals surface area contributed by atoms with Crippen LogP contribution in [0.15, 0.2) is 42.5 Å². The Hall–Kier alpha value is 0.767. The lowest BCUT2D eigenvalue weighted by Crippen LogP contribution is -2.62. The molecule has 106 valence electrons. The van der Waals surface area contributed by atoms with Crippen LogP contribution in [0.3, 0.4) is 0 Å². The fraction of sp³-hybridized carbons (Fsp3) is 0.143. The first-order valence-electron chi connectivity index (χ1n) is 5.85. The maximum atomic E-state index is 5.90. The number of hydrogen-bond acceptors (Lipinski definition) is 2. The molecule has 0 radical (unpaired) electrons. The van der Waals surface area contributed by atoms with Crippen LogP contribution in [0.2, 0.25) is 0 Å². The van der Waals surface area contributed by atoms with E-state index in [0.717, 1.165) is 10.4 Å². The molecule has 0 aliphatic rings. The Morgan fingerprint density at radius 3 is 1.80 bits per heavy atom. The van der Waals surface area contributed by atoms with Crippen LogP contribution >= 0.6 is 67.8 Å². The first-order chi connectivity index (χ1) is 9.53. The molecule has 0 aliphatic carbocycles. The average Bonchev–Trinajstić information content (AvgIpc) is 2.46. The van der Waals surface area contributed by atoms with E-state index >= 15 is 0 Å². The molecule has 6 heteroatoms. The number of benzene rings is 2. The van der Waals surface area contributed by atoms with Crippen molar-refractivity contribution in [1.82, 2.24) is 0 Å². The molecule has 0 heterocycles. The summed E-state index contributed by atoms with van der Waals surface area (Å²) in [6.07, 6.45) is 0. The van der Waals surface area contributed by atoms with Crippen molar-refractivity contribution in [3.63, 3.8) is 0 Å². The van der Waals surface area contributed by atoms with Crippen LogP contribution in [0, 0.1) is 10.7 Å². The standard InChI is InChI=1S/C14H13I3O2Si/c1-18-20(19-2,11-5-3-10(15)4-6-11)12-7-8-13(16)14(17)9-12/h3-9H,1-2H3. The van der Waals surface area contributed by atoms with Crippen LogP contribution in [0.5, 0.6) is 0 Å². The topological polar surface area (TPSA) is 18.5 Å². The first-order valence-corrected chi connectivity index (χ1v) is 10.9. The lowest BCUT2D eigenvalue weighted by molar-refractivity contribution is 0.272. The molecule has 2 nitrogen and oxygen atoms in total. The van der Waals surface area contributed by atoms with E-state index < -0.39 is 8.56 Å². The minimum absolute atomic E-state index is 1.12. The second-order valence-corrected chi connectivity index (χ2v) is 10.9. The van der Waals surface area contributed by atoms with E-state index in [2.05, 4.69) is 110 Å². The lowest BCUT2D eigenvalue weighted by Gasteiger charge is -2.28. The van der Waals surface area contributed by atoms with E-state index in [4.69, 9.17) is 8.85 Å². The van der Waals surface area contributed by atoms with Crippen molar-refractivity contribution in [2.24, 2.45) is 0 Å². The zero-order valence-electron chi connectivity index (χ0n) is 11.0. The second kappa shape index (κ2) is 7.35. The summed E-state index contributed by atoms with van der Waals surface area (Å²) in [5, 5.41) is 2.26. The quantitative estimate of drug-likeness (QED) is 0.385. The Balaban J connectivity index is 2.58. The summed E-state index contributed by atoms with van der Waals surface area (Å²) >= 11 is 6.99. The Labute approximate surface area is 161 Å². The van der Waals surface area contributed by atoms with Gasteiger partial charge in [-0.3, -0.25) is 0 Å². The third kappa shape index (κ3) is 3.40. The van der Waals surface area contributed by atoms with Crippen molar-refractivity contribution in [2.75, 3.05) is 14.2 Å². The summed E-state index contributed by atoms with van der Waals surface area (Å²) in [4.78, 5) is 0. The van der Waals surface area contributed by atoms with Gasteiger partial charge in [-0.2, -0.15) is 0 Å². The van der Waals surface area contributed by atoms with Crippen molar-refractivity contribution < 1.29 is 8.85 Å². The van der Waals surface area contributed by atoms with Crippen LogP contribution in [0.4, 0.5) is 0 Å². The summed E-state index contributed by atoms with van der Waals surface area (Å²) in [7, 11) is 0.885. The Morgan fingerprint density at radius 1 is 0.750 bits per heavy atom. The van der Waals surface area contributed by atoms with Gasteiger partial charge in [0.15, 0.2) is 0 Å². The van der Waals surface area contributed by atoms with Gasteiger partial charge >= 0.3 is 8.56 Å². The molecular formula is C14H13I3O2Si. The lowest BCUT2D eigenvalue weighted by atomic mass is 10.4. The molecule has 20 heavy (non-hydrogen) atoms. The summed E-state index contributed by atoms with van der Waals surface area (Å²) in [6, 6.07) is 14.8. The molecule has 0 spiro atoms. The highest BCUT2D eigenvalue weighted by Gasteiger charge is 2.41. The van der Waals surface area contributed by atoms with Gasteiger partial charge in [-0.25, -0.2) is 0 Å². The van der Waals surface area contributed by atoms with Crippen LogP contribution in [0.1, 0.15) is 0 Å². The summed E-state index contributed by atoms with van der Waals surface area (Å²) in [6.45, 7) is 0. The summed E-state index contributed by atoms with van der Waals surface area (Å²) in [5.41, 5.74) is 0. The van der Waals surface area contributed by atoms with Gasteiger partial charge in [-0.1, -0.05) is 18.2 Å². The van der Waals surface area contributed by atoms with Gasteiger partial charge in [0.1, 0.15) is 0 Å². The maximum absolute atomic E-state index is 5.90. The monoisotopic (exact) mass is 622 g/mol. The number of hydrogen-bond donors (Lipinski definition) is 0. The third-order valence-corrected chi connectivity index (χ3v) is 10.00. The molecule has 0 aliphatic heterocycles. The smallest absolute Gasteiger partial charge is 0.391 e. The molecule has 0 saturated heterocycles. The highest BCUT2D eigenvalue weighted by Crippen LogP contribution is 2.16. The minimum atomic E-state index is -2.58.